The first-order chi connectivity index (χ1) is 9.52. The van der Waals surface area contributed by atoms with Crippen molar-refractivity contribution in [2.75, 3.05) is 7.11 Å². The van der Waals surface area contributed by atoms with Crippen molar-refractivity contribution in [1.82, 2.24) is 15.0 Å². The van der Waals surface area contributed by atoms with Gasteiger partial charge in [0.25, 0.3) is 0 Å². The molecule has 0 radical (unpaired) electrons. The highest BCUT2D eigenvalue weighted by Crippen LogP contribution is 2.14. The average molecular weight is 275 g/mol. The van der Waals surface area contributed by atoms with Crippen LogP contribution < -0.4 is 0 Å². The molecule has 0 fully saturated rings. The number of carbonyl (C=O) groups is 1. The molecule has 20 heavy (non-hydrogen) atoms. The molecule has 1 aromatic carbocycles. The van der Waals surface area contributed by atoms with Crippen LogP contribution in [0.5, 0.6) is 0 Å². The monoisotopic (exact) mass is 275 g/mol. The van der Waals surface area contributed by atoms with E-state index < -0.39 is 5.97 Å². The third-order valence-electron chi connectivity index (χ3n) is 3.14. The molecule has 1 heterocycles. The summed E-state index contributed by atoms with van der Waals surface area (Å²) >= 11 is 0. The van der Waals surface area contributed by atoms with E-state index in [0.29, 0.717) is 12.2 Å². The Hall–Kier alpha value is -2.21. The summed E-state index contributed by atoms with van der Waals surface area (Å²) in [6.45, 7) is 4.70. The number of aryl methyl sites for hydroxylation is 2. The normalized spacial score (nSPS) is 10.8. The van der Waals surface area contributed by atoms with Crippen LogP contribution in [0.15, 0.2) is 18.2 Å². The van der Waals surface area contributed by atoms with E-state index in [2.05, 4.69) is 16.4 Å². The maximum absolute atomic E-state index is 11.1. The summed E-state index contributed by atoms with van der Waals surface area (Å²) in [5.74, 6) is -1.09. The van der Waals surface area contributed by atoms with Gasteiger partial charge in [-0.15, -0.1) is 5.10 Å². The van der Waals surface area contributed by atoms with E-state index in [1.165, 1.54) is 12.7 Å². The maximum Gasteiger partial charge on any atom is 0.358 e. The number of carboxylic acid groups (broad SMARTS) is 1. The second kappa shape index (κ2) is 5.83. The summed E-state index contributed by atoms with van der Waals surface area (Å²) in [6, 6.07) is 6.12. The van der Waals surface area contributed by atoms with Gasteiger partial charge in [0, 0.05) is 7.11 Å². The summed E-state index contributed by atoms with van der Waals surface area (Å²) < 4.78 is 6.61. The molecule has 0 bridgehead atoms. The van der Waals surface area contributed by atoms with Crippen molar-refractivity contribution in [2.24, 2.45) is 0 Å². The molecule has 0 saturated carbocycles. The van der Waals surface area contributed by atoms with Crippen LogP contribution in [0.4, 0.5) is 0 Å². The highest BCUT2D eigenvalue weighted by molar-refractivity contribution is 5.86. The zero-order valence-corrected chi connectivity index (χ0v) is 11.8. The minimum absolute atomic E-state index is 0.0587. The van der Waals surface area contributed by atoms with Crippen LogP contribution in [0.1, 0.15) is 32.9 Å². The van der Waals surface area contributed by atoms with Crippen molar-refractivity contribution < 1.29 is 14.6 Å². The number of rotatable bonds is 5. The Balaban J connectivity index is 2.35. The molecule has 0 aliphatic heterocycles. The molecular weight excluding hydrogens is 258 g/mol. The number of nitrogens with zero attached hydrogens (tertiary/aromatic N) is 3. The molecule has 2 rings (SSSR count). The quantitative estimate of drug-likeness (QED) is 0.900. The van der Waals surface area contributed by atoms with Gasteiger partial charge in [0.15, 0.2) is 5.69 Å². The first-order valence-electron chi connectivity index (χ1n) is 6.23. The van der Waals surface area contributed by atoms with E-state index >= 15 is 0 Å². The molecule has 6 nitrogen and oxygen atoms in total. The van der Waals surface area contributed by atoms with Crippen LogP contribution in [0.2, 0.25) is 0 Å². The fraction of sp³-hybridized carbons (Fsp3) is 0.357. The number of aromatic carboxylic acids is 1. The Labute approximate surface area is 117 Å². The SMILES string of the molecule is COCc1c(C(=O)O)nnn1Cc1ccc(C)cc1C. The van der Waals surface area contributed by atoms with Crippen molar-refractivity contribution in [2.45, 2.75) is 27.0 Å². The number of benzene rings is 1. The highest BCUT2D eigenvalue weighted by Gasteiger charge is 2.19. The van der Waals surface area contributed by atoms with Gasteiger partial charge < -0.3 is 9.84 Å². The van der Waals surface area contributed by atoms with Crippen LogP contribution in [0.3, 0.4) is 0 Å². The summed E-state index contributed by atoms with van der Waals surface area (Å²) in [6.07, 6.45) is 0. The molecule has 1 N–H and O–H groups in total. The average Bonchev–Trinajstić information content (AvgIpc) is 2.77. The molecule has 106 valence electrons. The Morgan fingerprint density at radius 2 is 2.15 bits per heavy atom. The van der Waals surface area contributed by atoms with Gasteiger partial charge in [-0.05, 0) is 25.0 Å². The number of ether oxygens (including phenoxy) is 1. The molecule has 0 unspecified atom stereocenters. The molecule has 0 aliphatic rings. The van der Waals surface area contributed by atoms with Crippen molar-refractivity contribution >= 4 is 5.97 Å². The van der Waals surface area contributed by atoms with Crippen LogP contribution >= 0.6 is 0 Å². The molecular formula is C14H17N3O3. The van der Waals surface area contributed by atoms with Crippen LogP contribution in [-0.2, 0) is 17.9 Å². The summed E-state index contributed by atoms with van der Waals surface area (Å²) in [7, 11) is 1.51. The van der Waals surface area contributed by atoms with Gasteiger partial charge in [-0.25, -0.2) is 9.48 Å². The first-order valence-corrected chi connectivity index (χ1v) is 6.23. The molecule has 0 aliphatic carbocycles. The molecule has 6 heteroatoms. The third-order valence-corrected chi connectivity index (χ3v) is 3.14. The van der Waals surface area contributed by atoms with E-state index in [9.17, 15) is 4.79 Å². The summed E-state index contributed by atoms with van der Waals surface area (Å²) in [5.41, 5.74) is 3.82. The Kier molecular flexibility index (Phi) is 4.14. The van der Waals surface area contributed by atoms with Crippen LogP contribution in [0, 0.1) is 13.8 Å². The second-order valence-corrected chi connectivity index (χ2v) is 4.71. The van der Waals surface area contributed by atoms with Gasteiger partial charge >= 0.3 is 5.97 Å². The topological polar surface area (TPSA) is 77.2 Å². The van der Waals surface area contributed by atoms with Crippen molar-refractivity contribution in [1.29, 1.82) is 0 Å². The van der Waals surface area contributed by atoms with Crippen LogP contribution in [0.25, 0.3) is 0 Å². The lowest BCUT2D eigenvalue weighted by Crippen LogP contribution is -2.11. The largest absolute Gasteiger partial charge is 0.476 e. The van der Waals surface area contributed by atoms with Gasteiger partial charge in [-0.1, -0.05) is 29.0 Å². The van der Waals surface area contributed by atoms with E-state index in [1.54, 1.807) is 4.68 Å². The lowest BCUT2D eigenvalue weighted by atomic mass is 10.1. The lowest BCUT2D eigenvalue weighted by Gasteiger charge is -2.09. The fourth-order valence-electron chi connectivity index (χ4n) is 2.09. The highest BCUT2D eigenvalue weighted by atomic mass is 16.5. The third kappa shape index (κ3) is 2.85. The Morgan fingerprint density at radius 3 is 2.75 bits per heavy atom. The summed E-state index contributed by atoms with van der Waals surface area (Å²) in [5, 5.41) is 16.7. The van der Waals surface area contributed by atoms with Gasteiger partial charge in [-0.3, -0.25) is 0 Å². The van der Waals surface area contributed by atoms with Gasteiger partial charge in [0.05, 0.1) is 18.8 Å². The predicted octanol–water partition coefficient (Wildman–Crippen LogP) is 1.79. The van der Waals surface area contributed by atoms with Gasteiger partial charge in [0.1, 0.15) is 0 Å². The molecule has 2 aromatic rings. The standard InChI is InChI=1S/C14H17N3O3/c1-9-4-5-11(10(2)6-9)7-17-12(8-20-3)13(14(18)19)15-16-17/h4-6H,7-8H2,1-3H3,(H,18,19). The number of hydrogen-bond donors (Lipinski definition) is 1. The van der Waals surface area contributed by atoms with Gasteiger partial charge in [-0.2, -0.15) is 0 Å². The fourth-order valence-corrected chi connectivity index (χ4v) is 2.09. The van der Waals surface area contributed by atoms with E-state index in [1.807, 2.05) is 26.0 Å². The van der Waals surface area contributed by atoms with Crippen LogP contribution in [-0.4, -0.2) is 33.2 Å². The van der Waals surface area contributed by atoms with E-state index in [0.717, 1.165) is 11.1 Å². The lowest BCUT2D eigenvalue weighted by molar-refractivity contribution is 0.0684. The minimum atomic E-state index is -1.09. The Bertz CT molecular complexity index is 635. The number of aromatic nitrogens is 3. The van der Waals surface area contributed by atoms with Crippen molar-refractivity contribution in [3.63, 3.8) is 0 Å². The minimum Gasteiger partial charge on any atom is -0.476 e. The zero-order valence-electron chi connectivity index (χ0n) is 11.8. The summed E-state index contributed by atoms with van der Waals surface area (Å²) in [4.78, 5) is 11.1. The predicted molar refractivity (Wildman–Crippen MR) is 72.7 cm³/mol. The zero-order chi connectivity index (χ0) is 14.7. The Morgan fingerprint density at radius 1 is 1.40 bits per heavy atom. The van der Waals surface area contributed by atoms with Crippen molar-refractivity contribution in [3.8, 4) is 0 Å². The number of carboxylic acids is 1. The second-order valence-electron chi connectivity index (χ2n) is 4.71. The number of methoxy groups -OCH3 is 1. The smallest absolute Gasteiger partial charge is 0.358 e. The molecule has 1 aromatic heterocycles. The van der Waals surface area contributed by atoms with Gasteiger partial charge in [0.2, 0.25) is 0 Å². The van der Waals surface area contributed by atoms with E-state index in [4.69, 9.17) is 9.84 Å². The number of hydrogen-bond acceptors (Lipinski definition) is 4. The maximum atomic E-state index is 11.1. The van der Waals surface area contributed by atoms with E-state index in [-0.39, 0.29) is 12.3 Å². The first kappa shape index (κ1) is 14.2. The molecule has 0 saturated heterocycles. The molecule has 0 amide bonds. The molecule has 0 atom stereocenters. The van der Waals surface area contributed by atoms with Crippen molar-refractivity contribution in [3.05, 3.63) is 46.3 Å². The molecule has 0 spiro atoms.